The molecule has 0 atom stereocenters. The van der Waals surface area contributed by atoms with Crippen molar-refractivity contribution < 1.29 is 27.8 Å². The summed E-state index contributed by atoms with van der Waals surface area (Å²) < 4.78 is 41.4. The number of carbonyl (C=O) groups is 2. The molecule has 47 heavy (non-hydrogen) atoms. The SMILES string of the molecule is COc1ccc(-c2cnc(N)c(-c3ccc(NC(=O)c4cn(C(C)C)c(C(N)=O)c(-c5ccc(F)cc5)c4=O)cc3F)c2)cc1OC. The van der Waals surface area contributed by atoms with Crippen LogP contribution in [-0.4, -0.2) is 35.6 Å². The van der Waals surface area contributed by atoms with Gasteiger partial charge in [0.15, 0.2) is 11.5 Å². The van der Waals surface area contributed by atoms with E-state index in [2.05, 4.69) is 10.3 Å². The summed E-state index contributed by atoms with van der Waals surface area (Å²) in [6.45, 7) is 3.48. The first-order chi connectivity index (χ1) is 22.4. The van der Waals surface area contributed by atoms with Gasteiger partial charge >= 0.3 is 0 Å². The Hall–Kier alpha value is -6.04. The molecule has 5 aromatic rings. The quantitative estimate of drug-likeness (QED) is 0.177. The van der Waals surface area contributed by atoms with Crippen molar-refractivity contribution >= 4 is 23.3 Å². The normalized spacial score (nSPS) is 11.0. The first kappa shape index (κ1) is 32.4. The molecule has 5 rings (SSSR count). The molecule has 5 N–H and O–H groups in total. The van der Waals surface area contributed by atoms with E-state index in [9.17, 15) is 18.8 Å². The maximum Gasteiger partial charge on any atom is 0.266 e. The molecular weight excluding hydrogens is 608 g/mol. The number of nitrogen functional groups attached to an aromatic ring is 1. The zero-order valence-electron chi connectivity index (χ0n) is 25.9. The third-order valence-corrected chi connectivity index (χ3v) is 7.55. The molecule has 0 radical (unpaired) electrons. The maximum atomic E-state index is 15.6. The summed E-state index contributed by atoms with van der Waals surface area (Å²) in [5, 5.41) is 2.56. The molecule has 0 saturated carbocycles. The number of pyridine rings is 2. The minimum Gasteiger partial charge on any atom is -0.493 e. The zero-order chi connectivity index (χ0) is 34.0. The van der Waals surface area contributed by atoms with Crippen LogP contribution in [0.25, 0.3) is 33.4 Å². The lowest BCUT2D eigenvalue weighted by molar-refractivity contribution is 0.0983. The van der Waals surface area contributed by atoms with E-state index in [4.69, 9.17) is 20.9 Å². The van der Waals surface area contributed by atoms with E-state index in [1.165, 1.54) is 49.2 Å². The van der Waals surface area contributed by atoms with Gasteiger partial charge in [0.05, 0.1) is 19.8 Å². The molecule has 0 aliphatic carbocycles. The van der Waals surface area contributed by atoms with Crippen LogP contribution in [-0.2, 0) is 0 Å². The summed E-state index contributed by atoms with van der Waals surface area (Å²) in [4.78, 5) is 43.9. The van der Waals surface area contributed by atoms with Crippen LogP contribution in [0, 0.1) is 11.6 Å². The van der Waals surface area contributed by atoms with Crippen LogP contribution in [0.15, 0.2) is 83.9 Å². The second-order valence-corrected chi connectivity index (χ2v) is 10.8. The van der Waals surface area contributed by atoms with Crippen molar-refractivity contribution in [3.63, 3.8) is 0 Å². The van der Waals surface area contributed by atoms with Gasteiger partial charge in [0, 0.05) is 40.8 Å². The van der Waals surface area contributed by atoms with Gasteiger partial charge in [0.25, 0.3) is 11.8 Å². The van der Waals surface area contributed by atoms with Gasteiger partial charge < -0.3 is 30.8 Å². The van der Waals surface area contributed by atoms with Crippen LogP contribution in [0.5, 0.6) is 11.5 Å². The summed E-state index contributed by atoms with van der Waals surface area (Å²) in [5.74, 6) is -1.89. The molecule has 2 aromatic heterocycles. The molecule has 240 valence electrons. The average molecular weight is 640 g/mol. The van der Waals surface area contributed by atoms with Crippen LogP contribution in [0.2, 0.25) is 0 Å². The number of rotatable bonds is 9. The van der Waals surface area contributed by atoms with Crippen molar-refractivity contribution in [2.24, 2.45) is 5.73 Å². The number of carbonyl (C=O) groups excluding carboxylic acids is 2. The average Bonchev–Trinajstić information content (AvgIpc) is 3.05. The largest absolute Gasteiger partial charge is 0.493 e. The number of amides is 2. The van der Waals surface area contributed by atoms with E-state index < -0.39 is 34.9 Å². The van der Waals surface area contributed by atoms with Crippen molar-refractivity contribution in [3.8, 4) is 44.9 Å². The summed E-state index contributed by atoms with van der Waals surface area (Å²) in [6.07, 6.45) is 2.78. The molecule has 0 aliphatic rings. The standard InChI is InChI=1S/C35H31F2N5O5/c1-18(2)42-17-26(32(43)30(31(42)34(39)44)19-5-8-22(36)9-6-19)35(45)41-23-10-11-24(27(37)15-23)25-13-21(16-40-33(25)38)20-7-12-28(46-3)29(14-20)47-4/h5-18H,1-4H3,(H2,38,40)(H2,39,44)(H,41,45). The van der Waals surface area contributed by atoms with E-state index >= 15 is 4.39 Å². The number of benzene rings is 3. The number of nitrogens with one attached hydrogen (secondary N) is 1. The topological polar surface area (TPSA) is 152 Å². The fraction of sp³-hybridized carbons (Fsp3) is 0.143. The highest BCUT2D eigenvalue weighted by molar-refractivity contribution is 6.06. The molecule has 0 unspecified atom stereocenters. The molecule has 0 saturated heterocycles. The predicted molar refractivity (Wildman–Crippen MR) is 176 cm³/mol. The van der Waals surface area contributed by atoms with Gasteiger partial charge in [0.1, 0.15) is 28.7 Å². The minimum absolute atomic E-state index is 0.0524. The number of aromatic nitrogens is 2. The lowest BCUT2D eigenvalue weighted by Gasteiger charge is -2.20. The van der Waals surface area contributed by atoms with Gasteiger partial charge in [-0.1, -0.05) is 18.2 Å². The molecule has 12 heteroatoms. The highest BCUT2D eigenvalue weighted by Crippen LogP contribution is 2.36. The van der Waals surface area contributed by atoms with E-state index in [1.54, 1.807) is 44.3 Å². The molecule has 0 aliphatic heterocycles. The number of hydrogen-bond acceptors (Lipinski definition) is 7. The van der Waals surface area contributed by atoms with Crippen LogP contribution in [0.4, 0.5) is 20.3 Å². The van der Waals surface area contributed by atoms with Crippen LogP contribution in [0.1, 0.15) is 40.7 Å². The molecule has 2 heterocycles. The molecule has 0 spiro atoms. The third kappa shape index (κ3) is 6.39. The van der Waals surface area contributed by atoms with Gasteiger partial charge in [-0.2, -0.15) is 0 Å². The lowest BCUT2D eigenvalue weighted by atomic mass is 9.99. The van der Waals surface area contributed by atoms with Gasteiger partial charge in [-0.05, 0) is 73.5 Å². The Balaban J connectivity index is 1.51. The van der Waals surface area contributed by atoms with E-state index in [-0.39, 0.29) is 39.5 Å². The zero-order valence-corrected chi connectivity index (χ0v) is 25.9. The predicted octanol–water partition coefficient (Wildman–Crippen LogP) is 6.05. The first-order valence-corrected chi connectivity index (χ1v) is 14.4. The van der Waals surface area contributed by atoms with Gasteiger partial charge in [-0.3, -0.25) is 14.4 Å². The Bertz CT molecular complexity index is 2080. The summed E-state index contributed by atoms with van der Waals surface area (Å²) in [6, 6.07) is 15.5. The fourth-order valence-electron chi connectivity index (χ4n) is 5.21. The number of methoxy groups -OCH3 is 2. The smallest absolute Gasteiger partial charge is 0.266 e. The highest BCUT2D eigenvalue weighted by atomic mass is 19.1. The van der Waals surface area contributed by atoms with Crippen LogP contribution >= 0.6 is 0 Å². The number of hydrogen-bond donors (Lipinski definition) is 3. The maximum absolute atomic E-state index is 15.6. The molecular formula is C35H31F2N5O5. The van der Waals surface area contributed by atoms with Crippen molar-refractivity contribution in [1.29, 1.82) is 0 Å². The van der Waals surface area contributed by atoms with E-state index in [1.807, 2.05) is 0 Å². The van der Waals surface area contributed by atoms with Gasteiger partial charge in [-0.25, -0.2) is 13.8 Å². The second-order valence-electron chi connectivity index (χ2n) is 10.8. The second kappa shape index (κ2) is 13.1. The Kier molecular flexibility index (Phi) is 9.04. The third-order valence-electron chi connectivity index (χ3n) is 7.55. The Morgan fingerprint density at radius 1 is 0.872 bits per heavy atom. The Morgan fingerprint density at radius 2 is 1.55 bits per heavy atom. The van der Waals surface area contributed by atoms with Crippen molar-refractivity contribution in [2.75, 3.05) is 25.3 Å². The van der Waals surface area contributed by atoms with Crippen molar-refractivity contribution in [3.05, 3.63) is 112 Å². The first-order valence-electron chi connectivity index (χ1n) is 14.4. The van der Waals surface area contributed by atoms with Crippen LogP contribution in [0.3, 0.4) is 0 Å². The summed E-state index contributed by atoms with van der Waals surface area (Å²) in [7, 11) is 3.05. The number of nitrogens with two attached hydrogens (primary N) is 2. The molecule has 2 amide bonds. The molecule has 3 aromatic carbocycles. The number of nitrogens with zero attached hydrogens (tertiary/aromatic N) is 2. The molecule has 10 nitrogen and oxygen atoms in total. The molecule has 0 fully saturated rings. The number of anilines is 2. The van der Waals surface area contributed by atoms with E-state index in [0.717, 1.165) is 23.8 Å². The van der Waals surface area contributed by atoms with Crippen LogP contribution < -0.4 is 31.7 Å². The monoisotopic (exact) mass is 639 g/mol. The molecule has 0 bridgehead atoms. The van der Waals surface area contributed by atoms with Crippen molar-refractivity contribution in [2.45, 2.75) is 19.9 Å². The highest BCUT2D eigenvalue weighted by Gasteiger charge is 2.25. The van der Waals surface area contributed by atoms with Gasteiger partial charge in [0.2, 0.25) is 5.43 Å². The summed E-state index contributed by atoms with van der Waals surface area (Å²) >= 11 is 0. The number of ether oxygens (including phenoxy) is 2. The van der Waals surface area contributed by atoms with Gasteiger partial charge in [-0.15, -0.1) is 0 Å². The van der Waals surface area contributed by atoms with Crippen molar-refractivity contribution in [1.82, 2.24) is 9.55 Å². The Morgan fingerprint density at radius 3 is 2.17 bits per heavy atom. The number of primary amides is 1. The van der Waals surface area contributed by atoms with E-state index in [0.29, 0.717) is 22.6 Å². The summed E-state index contributed by atoms with van der Waals surface area (Å²) in [5.41, 5.74) is 12.4. The Labute approximate surface area is 268 Å². The number of halogens is 2. The fourth-order valence-corrected chi connectivity index (χ4v) is 5.21. The minimum atomic E-state index is -0.899. The lowest BCUT2D eigenvalue weighted by Crippen LogP contribution is -2.31.